The molecule has 0 bridgehead atoms. The number of halogens is 1. The molecule has 0 aliphatic rings. The molecule has 3 nitrogen and oxygen atoms in total. The molecule has 0 fully saturated rings. The summed E-state index contributed by atoms with van der Waals surface area (Å²) in [6, 6.07) is 6.59. The molecule has 18 heavy (non-hydrogen) atoms. The number of ether oxygens (including phenoxy) is 1. The molecule has 1 aromatic carbocycles. The van der Waals surface area contributed by atoms with Gasteiger partial charge in [-0.3, -0.25) is 0 Å². The standard InChI is InChI=1S/C14H20FNO2/c1-3-11(2)16-8-13(17)10-18-9-12-6-4-5-7-14(12)15/h3-7,11,13,16-17H,1,8-10H2,2H3. The van der Waals surface area contributed by atoms with Gasteiger partial charge in [0.05, 0.1) is 19.3 Å². The van der Waals surface area contributed by atoms with E-state index in [1.165, 1.54) is 6.07 Å². The molecule has 4 heteroatoms. The van der Waals surface area contributed by atoms with E-state index in [1.807, 2.05) is 6.92 Å². The van der Waals surface area contributed by atoms with E-state index in [0.717, 1.165) is 0 Å². The van der Waals surface area contributed by atoms with Crippen LogP contribution in [0.1, 0.15) is 12.5 Å². The SMILES string of the molecule is C=CC(C)NCC(O)COCc1ccccc1F. The Labute approximate surface area is 107 Å². The Morgan fingerprint density at radius 2 is 2.22 bits per heavy atom. The predicted molar refractivity (Wildman–Crippen MR) is 69.7 cm³/mol. The molecule has 0 heterocycles. The number of benzene rings is 1. The zero-order chi connectivity index (χ0) is 13.4. The molecule has 0 aliphatic heterocycles. The molecule has 2 atom stereocenters. The van der Waals surface area contributed by atoms with E-state index in [0.29, 0.717) is 12.1 Å². The summed E-state index contributed by atoms with van der Waals surface area (Å²) in [5.41, 5.74) is 0.497. The lowest BCUT2D eigenvalue weighted by molar-refractivity contribution is 0.0274. The molecule has 1 aromatic rings. The Kier molecular flexibility index (Phi) is 6.57. The third-order valence-electron chi connectivity index (χ3n) is 2.55. The van der Waals surface area contributed by atoms with Crippen molar-refractivity contribution in [3.8, 4) is 0 Å². The van der Waals surface area contributed by atoms with Crippen LogP contribution in [0.15, 0.2) is 36.9 Å². The van der Waals surface area contributed by atoms with Crippen LogP contribution in [0.4, 0.5) is 4.39 Å². The summed E-state index contributed by atoms with van der Waals surface area (Å²) in [4.78, 5) is 0. The zero-order valence-electron chi connectivity index (χ0n) is 10.6. The van der Waals surface area contributed by atoms with Crippen molar-refractivity contribution in [2.75, 3.05) is 13.2 Å². The summed E-state index contributed by atoms with van der Waals surface area (Å²) < 4.78 is 18.5. The van der Waals surface area contributed by atoms with E-state index >= 15 is 0 Å². The van der Waals surface area contributed by atoms with E-state index in [-0.39, 0.29) is 25.1 Å². The van der Waals surface area contributed by atoms with Crippen molar-refractivity contribution < 1.29 is 14.2 Å². The average Bonchev–Trinajstić information content (AvgIpc) is 2.38. The lowest BCUT2D eigenvalue weighted by Gasteiger charge is -2.14. The van der Waals surface area contributed by atoms with Gasteiger partial charge in [0.2, 0.25) is 0 Å². The fraction of sp³-hybridized carbons (Fsp3) is 0.429. The Hall–Kier alpha value is -1.23. The molecule has 0 saturated heterocycles. The van der Waals surface area contributed by atoms with Crippen LogP contribution in [0.3, 0.4) is 0 Å². The maximum Gasteiger partial charge on any atom is 0.128 e. The van der Waals surface area contributed by atoms with E-state index in [1.54, 1.807) is 24.3 Å². The largest absolute Gasteiger partial charge is 0.389 e. The zero-order valence-corrected chi connectivity index (χ0v) is 10.6. The summed E-state index contributed by atoms with van der Waals surface area (Å²) >= 11 is 0. The highest BCUT2D eigenvalue weighted by molar-refractivity contribution is 5.16. The van der Waals surface area contributed by atoms with Gasteiger partial charge in [-0.2, -0.15) is 0 Å². The van der Waals surface area contributed by atoms with Crippen LogP contribution < -0.4 is 5.32 Å². The second-order valence-corrected chi connectivity index (χ2v) is 4.19. The van der Waals surface area contributed by atoms with Crippen LogP contribution in [0.25, 0.3) is 0 Å². The molecule has 1 rings (SSSR count). The van der Waals surface area contributed by atoms with Crippen LogP contribution in [0.2, 0.25) is 0 Å². The average molecular weight is 253 g/mol. The van der Waals surface area contributed by atoms with E-state index < -0.39 is 6.10 Å². The summed E-state index contributed by atoms with van der Waals surface area (Å²) in [6.07, 6.45) is 1.14. The van der Waals surface area contributed by atoms with E-state index in [2.05, 4.69) is 11.9 Å². The van der Waals surface area contributed by atoms with Crippen molar-refractivity contribution in [3.05, 3.63) is 48.3 Å². The first-order chi connectivity index (χ1) is 8.63. The maximum absolute atomic E-state index is 13.2. The Balaban J connectivity index is 2.21. The summed E-state index contributed by atoms with van der Waals surface area (Å²) in [5, 5.41) is 12.7. The maximum atomic E-state index is 13.2. The minimum Gasteiger partial charge on any atom is -0.389 e. The van der Waals surface area contributed by atoms with E-state index in [4.69, 9.17) is 4.74 Å². The lowest BCUT2D eigenvalue weighted by Crippen LogP contribution is -2.34. The molecule has 2 unspecified atom stereocenters. The molecular formula is C14H20FNO2. The van der Waals surface area contributed by atoms with Gasteiger partial charge in [0, 0.05) is 18.2 Å². The van der Waals surface area contributed by atoms with Crippen LogP contribution in [0, 0.1) is 5.82 Å². The van der Waals surface area contributed by atoms with Crippen molar-refractivity contribution in [2.24, 2.45) is 0 Å². The highest BCUT2D eigenvalue weighted by Gasteiger charge is 2.06. The van der Waals surface area contributed by atoms with Gasteiger partial charge in [-0.1, -0.05) is 24.3 Å². The quantitative estimate of drug-likeness (QED) is 0.695. The Bertz CT molecular complexity index is 371. The first kappa shape index (κ1) is 14.8. The summed E-state index contributed by atoms with van der Waals surface area (Å²) in [6.45, 7) is 6.34. The second-order valence-electron chi connectivity index (χ2n) is 4.19. The monoisotopic (exact) mass is 253 g/mol. The van der Waals surface area contributed by atoms with Gasteiger partial charge in [-0.15, -0.1) is 6.58 Å². The molecule has 100 valence electrons. The van der Waals surface area contributed by atoms with Crippen molar-refractivity contribution in [1.29, 1.82) is 0 Å². The number of hydrogen-bond acceptors (Lipinski definition) is 3. The minimum absolute atomic E-state index is 0.145. The molecule has 0 radical (unpaired) electrons. The third kappa shape index (κ3) is 5.40. The van der Waals surface area contributed by atoms with Crippen LogP contribution in [0.5, 0.6) is 0 Å². The van der Waals surface area contributed by atoms with Gasteiger partial charge >= 0.3 is 0 Å². The van der Waals surface area contributed by atoms with Crippen molar-refractivity contribution >= 4 is 0 Å². The van der Waals surface area contributed by atoms with Crippen LogP contribution in [-0.2, 0) is 11.3 Å². The molecule has 0 aromatic heterocycles. The molecule has 0 amide bonds. The second kappa shape index (κ2) is 7.97. The Morgan fingerprint density at radius 1 is 1.50 bits per heavy atom. The molecular weight excluding hydrogens is 233 g/mol. The third-order valence-corrected chi connectivity index (χ3v) is 2.55. The number of rotatable bonds is 8. The van der Waals surface area contributed by atoms with Gasteiger partial charge in [-0.25, -0.2) is 4.39 Å². The van der Waals surface area contributed by atoms with Gasteiger partial charge < -0.3 is 15.2 Å². The van der Waals surface area contributed by atoms with Crippen LogP contribution >= 0.6 is 0 Å². The summed E-state index contributed by atoms with van der Waals surface area (Å²) in [5.74, 6) is -0.287. The highest BCUT2D eigenvalue weighted by atomic mass is 19.1. The smallest absolute Gasteiger partial charge is 0.128 e. The predicted octanol–water partition coefficient (Wildman–Crippen LogP) is 1.87. The fourth-order valence-corrected chi connectivity index (χ4v) is 1.38. The highest BCUT2D eigenvalue weighted by Crippen LogP contribution is 2.07. The molecule has 0 aliphatic carbocycles. The van der Waals surface area contributed by atoms with Crippen molar-refractivity contribution in [1.82, 2.24) is 5.32 Å². The number of aliphatic hydroxyl groups is 1. The van der Waals surface area contributed by atoms with Gasteiger partial charge in [0.15, 0.2) is 0 Å². The fourth-order valence-electron chi connectivity index (χ4n) is 1.38. The lowest BCUT2D eigenvalue weighted by atomic mass is 10.2. The normalized spacial score (nSPS) is 14.2. The number of aliphatic hydroxyl groups excluding tert-OH is 1. The number of hydrogen-bond donors (Lipinski definition) is 2. The Morgan fingerprint density at radius 3 is 2.89 bits per heavy atom. The first-order valence-corrected chi connectivity index (χ1v) is 5.98. The van der Waals surface area contributed by atoms with Crippen molar-refractivity contribution in [3.63, 3.8) is 0 Å². The van der Waals surface area contributed by atoms with Crippen molar-refractivity contribution in [2.45, 2.75) is 25.7 Å². The van der Waals surface area contributed by atoms with Crippen LogP contribution in [-0.4, -0.2) is 30.4 Å². The first-order valence-electron chi connectivity index (χ1n) is 5.98. The topological polar surface area (TPSA) is 41.5 Å². The van der Waals surface area contributed by atoms with Gasteiger partial charge in [0.1, 0.15) is 5.82 Å². The molecule has 0 spiro atoms. The number of nitrogens with one attached hydrogen (secondary N) is 1. The summed E-state index contributed by atoms with van der Waals surface area (Å²) in [7, 11) is 0. The molecule has 0 saturated carbocycles. The van der Waals surface area contributed by atoms with E-state index in [9.17, 15) is 9.50 Å². The van der Waals surface area contributed by atoms with Gasteiger partial charge in [0.25, 0.3) is 0 Å². The van der Waals surface area contributed by atoms with Gasteiger partial charge in [-0.05, 0) is 13.0 Å². The minimum atomic E-state index is -0.612. The molecule has 2 N–H and O–H groups in total.